The van der Waals surface area contributed by atoms with Gasteiger partial charge in [0.1, 0.15) is 0 Å². The van der Waals surface area contributed by atoms with Gasteiger partial charge in [-0.1, -0.05) is 81.4 Å². The second-order valence-corrected chi connectivity index (χ2v) is 15.2. The molecular formula is C27H38O3Si. The normalized spacial score (nSPS) is 29.4. The predicted octanol–water partition coefficient (Wildman–Crippen LogP) is 4.26. The topological polar surface area (TPSA) is 49.7 Å². The summed E-state index contributed by atoms with van der Waals surface area (Å²) < 4.78 is 7.31. The fourth-order valence-corrected chi connectivity index (χ4v) is 10.9. The van der Waals surface area contributed by atoms with Crippen LogP contribution in [0.25, 0.3) is 0 Å². The molecule has 4 heteroatoms. The maximum Gasteiger partial charge on any atom is 0.261 e. The molecule has 0 aliphatic heterocycles. The Morgan fingerprint density at radius 3 is 1.71 bits per heavy atom. The molecule has 0 saturated heterocycles. The van der Waals surface area contributed by atoms with Crippen LogP contribution in [0.15, 0.2) is 60.7 Å². The van der Waals surface area contributed by atoms with Gasteiger partial charge < -0.3 is 14.6 Å². The highest BCUT2D eigenvalue weighted by Gasteiger charge is 2.53. The third-order valence-corrected chi connectivity index (χ3v) is 12.9. The predicted molar refractivity (Wildman–Crippen MR) is 129 cm³/mol. The van der Waals surface area contributed by atoms with E-state index >= 15 is 0 Å². The van der Waals surface area contributed by atoms with E-state index < -0.39 is 8.32 Å². The molecule has 2 aromatic carbocycles. The molecule has 0 spiro atoms. The van der Waals surface area contributed by atoms with Gasteiger partial charge in [-0.25, -0.2) is 0 Å². The summed E-state index contributed by atoms with van der Waals surface area (Å²) in [4.78, 5) is 0. The molecule has 4 atom stereocenters. The van der Waals surface area contributed by atoms with Gasteiger partial charge in [-0.2, -0.15) is 0 Å². The second kappa shape index (κ2) is 8.82. The SMILES string of the molecule is CC(C)(C)[Si](OCC12CC[C@@H](O)CC1C[C@@H](O)CC2)(c1ccccc1)c1ccccc1. The molecule has 2 saturated carbocycles. The first kappa shape index (κ1) is 22.7. The van der Waals surface area contributed by atoms with Crippen molar-refractivity contribution in [3.05, 3.63) is 60.7 Å². The molecule has 2 aromatic rings. The lowest BCUT2D eigenvalue weighted by Gasteiger charge is -2.52. The quantitative estimate of drug-likeness (QED) is 0.686. The highest BCUT2D eigenvalue weighted by atomic mass is 28.4. The van der Waals surface area contributed by atoms with Crippen molar-refractivity contribution in [1.29, 1.82) is 0 Å². The van der Waals surface area contributed by atoms with Crippen molar-refractivity contribution in [1.82, 2.24) is 0 Å². The molecule has 2 aliphatic rings. The number of fused-ring (bicyclic) bond motifs is 1. The Kier molecular flexibility index (Phi) is 6.46. The average Bonchev–Trinajstić information content (AvgIpc) is 2.75. The molecule has 0 heterocycles. The summed E-state index contributed by atoms with van der Waals surface area (Å²) >= 11 is 0. The lowest BCUT2D eigenvalue weighted by Crippen LogP contribution is -2.67. The molecule has 0 aromatic heterocycles. The zero-order valence-electron chi connectivity index (χ0n) is 19.3. The van der Waals surface area contributed by atoms with E-state index in [1.165, 1.54) is 10.4 Å². The number of hydrogen-bond acceptors (Lipinski definition) is 3. The number of rotatable bonds is 5. The molecule has 3 nitrogen and oxygen atoms in total. The van der Waals surface area contributed by atoms with Crippen LogP contribution in [0.2, 0.25) is 5.04 Å². The maximum atomic E-state index is 10.3. The van der Waals surface area contributed by atoms with Gasteiger partial charge in [0.15, 0.2) is 0 Å². The second-order valence-electron chi connectivity index (χ2n) is 10.9. The van der Waals surface area contributed by atoms with Crippen LogP contribution in [0.1, 0.15) is 59.3 Å². The Hall–Kier alpha value is -1.46. The largest absolute Gasteiger partial charge is 0.407 e. The first-order chi connectivity index (χ1) is 14.8. The van der Waals surface area contributed by atoms with E-state index in [1.54, 1.807) is 0 Å². The number of benzene rings is 2. The van der Waals surface area contributed by atoms with Gasteiger partial charge in [0.05, 0.1) is 12.2 Å². The number of aliphatic hydroxyl groups is 2. The van der Waals surface area contributed by atoms with E-state index in [0.717, 1.165) is 38.5 Å². The maximum absolute atomic E-state index is 10.3. The van der Waals surface area contributed by atoms with Crippen LogP contribution in [0.5, 0.6) is 0 Å². The fourth-order valence-electron chi connectivity index (χ4n) is 6.21. The Balaban J connectivity index is 1.75. The van der Waals surface area contributed by atoms with Crippen molar-refractivity contribution in [2.75, 3.05) is 6.61 Å². The molecule has 2 fully saturated rings. The van der Waals surface area contributed by atoms with Crippen molar-refractivity contribution in [2.24, 2.45) is 11.3 Å². The standard InChI is InChI=1S/C27H38O3Si/c1-26(2,3)31(24-10-6-4-7-11-24,25-12-8-5-9-13-25)30-20-27-16-14-22(28)18-21(27)19-23(29)15-17-27/h4-13,21-23,28-29H,14-20H2,1-3H3/t21?,22-,23+,27?. The fraction of sp³-hybridized carbons (Fsp3) is 0.556. The zero-order valence-corrected chi connectivity index (χ0v) is 20.3. The summed E-state index contributed by atoms with van der Waals surface area (Å²) in [5, 5.41) is 23.3. The van der Waals surface area contributed by atoms with Gasteiger partial charge >= 0.3 is 0 Å². The molecule has 0 radical (unpaired) electrons. The van der Waals surface area contributed by atoms with Crippen LogP contribution >= 0.6 is 0 Å². The minimum absolute atomic E-state index is 0.0375. The molecule has 168 valence electrons. The van der Waals surface area contributed by atoms with Gasteiger partial charge in [0, 0.05) is 6.61 Å². The van der Waals surface area contributed by atoms with Crippen LogP contribution < -0.4 is 10.4 Å². The zero-order chi connectivity index (χ0) is 22.1. The van der Waals surface area contributed by atoms with Gasteiger partial charge in [0.25, 0.3) is 8.32 Å². The highest BCUT2D eigenvalue weighted by Crippen LogP contribution is 2.51. The third kappa shape index (κ3) is 4.28. The summed E-state index contributed by atoms with van der Waals surface area (Å²) in [6.45, 7) is 7.68. The van der Waals surface area contributed by atoms with Crippen molar-refractivity contribution >= 4 is 18.7 Å². The summed E-state index contributed by atoms with van der Waals surface area (Å²) in [5.41, 5.74) is 0.0610. The van der Waals surface area contributed by atoms with Crippen LogP contribution in [0, 0.1) is 11.3 Å². The summed E-state index contributed by atoms with van der Waals surface area (Å²) in [7, 11) is -2.57. The van der Waals surface area contributed by atoms with E-state index in [1.807, 2.05) is 0 Å². The minimum Gasteiger partial charge on any atom is -0.407 e. The monoisotopic (exact) mass is 438 g/mol. The Morgan fingerprint density at radius 2 is 1.29 bits per heavy atom. The van der Waals surface area contributed by atoms with Crippen molar-refractivity contribution in [3.8, 4) is 0 Å². The van der Waals surface area contributed by atoms with Gasteiger partial charge in [-0.3, -0.25) is 0 Å². The summed E-state index contributed by atoms with van der Waals surface area (Å²) in [6, 6.07) is 21.7. The minimum atomic E-state index is -2.57. The lowest BCUT2D eigenvalue weighted by molar-refractivity contribution is -0.0778. The molecule has 4 rings (SSSR count). The van der Waals surface area contributed by atoms with E-state index in [0.29, 0.717) is 12.5 Å². The van der Waals surface area contributed by atoms with Crippen molar-refractivity contribution in [3.63, 3.8) is 0 Å². The molecule has 2 aliphatic carbocycles. The summed E-state index contributed by atoms with van der Waals surface area (Å²) in [6.07, 6.45) is 4.77. The third-order valence-electron chi connectivity index (χ3n) is 7.92. The molecule has 0 bridgehead atoms. The molecule has 2 N–H and O–H groups in total. The molecule has 31 heavy (non-hydrogen) atoms. The average molecular weight is 439 g/mol. The van der Waals surface area contributed by atoms with Crippen LogP contribution in [0.3, 0.4) is 0 Å². The Labute approximate surface area is 188 Å². The van der Waals surface area contributed by atoms with E-state index in [9.17, 15) is 10.2 Å². The smallest absolute Gasteiger partial charge is 0.261 e. The Bertz CT molecular complexity index is 790. The van der Waals surface area contributed by atoms with Crippen molar-refractivity contribution in [2.45, 2.75) is 76.5 Å². The van der Waals surface area contributed by atoms with Crippen LogP contribution in [-0.4, -0.2) is 37.3 Å². The molecule has 0 amide bonds. The number of hydrogen-bond donors (Lipinski definition) is 2. The summed E-state index contributed by atoms with van der Waals surface area (Å²) in [5.74, 6) is 0.332. The molecule has 2 unspecified atom stereocenters. The highest BCUT2D eigenvalue weighted by molar-refractivity contribution is 6.99. The van der Waals surface area contributed by atoms with Crippen LogP contribution in [0.4, 0.5) is 0 Å². The van der Waals surface area contributed by atoms with Gasteiger partial charge in [-0.05, 0) is 65.3 Å². The number of aliphatic hydroxyl groups excluding tert-OH is 2. The van der Waals surface area contributed by atoms with Crippen LogP contribution in [-0.2, 0) is 4.43 Å². The Morgan fingerprint density at radius 1 is 0.839 bits per heavy atom. The van der Waals surface area contributed by atoms with E-state index in [4.69, 9.17) is 4.43 Å². The molecular weight excluding hydrogens is 400 g/mol. The van der Waals surface area contributed by atoms with E-state index in [2.05, 4.69) is 81.4 Å². The first-order valence-electron chi connectivity index (χ1n) is 11.9. The van der Waals surface area contributed by atoms with Gasteiger partial charge in [0.2, 0.25) is 0 Å². The van der Waals surface area contributed by atoms with Gasteiger partial charge in [-0.15, -0.1) is 0 Å². The first-order valence-corrected chi connectivity index (χ1v) is 13.8. The van der Waals surface area contributed by atoms with E-state index in [-0.39, 0.29) is 22.7 Å². The lowest BCUT2D eigenvalue weighted by atomic mass is 9.59. The van der Waals surface area contributed by atoms with Crippen molar-refractivity contribution < 1.29 is 14.6 Å².